The zero-order chi connectivity index (χ0) is 28.0. The Balaban J connectivity index is 1.23. The van der Waals surface area contributed by atoms with Gasteiger partial charge in [-0.15, -0.1) is 0 Å². The molecule has 3 atom stereocenters. The molecule has 2 saturated heterocycles. The van der Waals surface area contributed by atoms with Crippen LogP contribution in [0.15, 0.2) is 60.8 Å². The molecule has 0 radical (unpaired) electrons. The summed E-state index contributed by atoms with van der Waals surface area (Å²) in [5, 5.41) is 13.8. The minimum Gasteiger partial charge on any atom is -0.384 e. The lowest BCUT2D eigenvalue weighted by atomic mass is 9.86. The Morgan fingerprint density at radius 1 is 1.10 bits per heavy atom. The van der Waals surface area contributed by atoms with E-state index in [4.69, 9.17) is 0 Å². The van der Waals surface area contributed by atoms with Crippen molar-refractivity contribution >= 4 is 17.7 Å². The van der Waals surface area contributed by atoms with Gasteiger partial charge in [0.15, 0.2) is 5.82 Å². The standard InChI is InChI=1S/C31H31FN4O4/c1-31(40,22-6-3-2-4-7-22)25-8-5-15-35(25)17-20-13-14-33-28(27(20)32)19-9-10-23-21(16-19)18-36(30(23)39)24-11-12-26(37)34-29(24)38/h2-4,6-7,9-10,13-14,16,24-25,40H,5,8,11-12,15,17-18H2,1H3,(H,34,37,38)/t24?,25-,31-/m1/s1. The van der Waals surface area contributed by atoms with Crippen LogP contribution in [0.4, 0.5) is 4.39 Å². The van der Waals surface area contributed by atoms with Crippen LogP contribution in [0.2, 0.25) is 0 Å². The number of pyridine rings is 1. The van der Waals surface area contributed by atoms with Gasteiger partial charge in [0.1, 0.15) is 17.3 Å². The summed E-state index contributed by atoms with van der Waals surface area (Å²) in [4.78, 5) is 44.9. The van der Waals surface area contributed by atoms with E-state index in [9.17, 15) is 19.5 Å². The number of benzene rings is 2. The first-order valence-electron chi connectivity index (χ1n) is 13.7. The molecule has 1 aromatic heterocycles. The molecule has 40 heavy (non-hydrogen) atoms. The van der Waals surface area contributed by atoms with Crippen molar-refractivity contribution in [1.82, 2.24) is 20.1 Å². The topological polar surface area (TPSA) is 103 Å². The fourth-order valence-corrected chi connectivity index (χ4v) is 6.37. The number of aliphatic hydroxyl groups is 1. The van der Waals surface area contributed by atoms with Gasteiger partial charge in [0, 0.05) is 48.4 Å². The number of nitrogens with zero attached hydrogens (tertiary/aromatic N) is 3. The van der Waals surface area contributed by atoms with Crippen LogP contribution in [0.1, 0.15) is 59.7 Å². The van der Waals surface area contributed by atoms with E-state index in [1.165, 1.54) is 4.90 Å². The zero-order valence-electron chi connectivity index (χ0n) is 22.3. The number of halogens is 1. The molecule has 2 N–H and O–H groups in total. The summed E-state index contributed by atoms with van der Waals surface area (Å²) in [7, 11) is 0. The van der Waals surface area contributed by atoms with Gasteiger partial charge in [-0.3, -0.25) is 29.6 Å². The molecule has 9 heteroatoms. The van der Waals surface area contributed by atoms with Crippen molar-refractivity contribution in [3.63, 3.8) is 0 Å². The number of likely N-dealkylation sites (tertiary alicyclic amines) is 1. The van der Waals surface area contributed by atoms with Crippen LogP contribution in [0.5, 0.6) is 0 Å². The van der Waals surface area contributed by atoms with Crippen molar-refractivity contribution < 1.29 is 23.9 Å². The van der Waals surface area contributed by atoms with Crippen LogP contribution in [-0.4, -0.2) is 56.2 Å². The summed E-state index contributed by atoms with van der Waals surface area (Å²) in [6.07, 6.45) is 3.77. The molecular weight excluding hydrogens is 511 g/mol. The Morgan fingerprint density at radius 2 is 1.90 bits per heavy atom. The molecule has 0 aliphatic carbocycles. The molecular formula is C31H31FN4O4. The summed E-state index contributed by atoms with van der Waals surface area (Å²) < 4.78 is 15.9. The Kier molecular flexibility index (Phi) is 6.72. The maximum absolute atomic E-state index is 15.9. The van der Waals surface area contributed by atoms with E-state index in [1.54, 1.807) is 30.5 Å². The number of imide groups is 1. The molecule has 3 amide bonds. The summed E-state index contributed by atoms with van der Waals surface area (Å²) in [5.74, 6) is -1.51. The van der Waals surface area contributed by atoms with Gasteiger partial charge in [0.2, 0.25) is 11.8 Å². The molecule has 3 aliphatic heterocycles. The minimum absolute atomic E-state index is 0.157. The Hall–Kier alpha value is -3.95. The number of rotatable bonds is 6. The number of piperidine rings is 1. The van der Waals surface area contributed by atoms with Gasteiger partial charge in [-0.25, -0.2) is 4.39 Å². The van der Waals surface area contributed by atoms with Crippen LogP contribution in [0.3, 0.4) is 0 Å². The first-order chi connectivity index (χ1) is 19.2. The molecule has 2 fully saturated rings. The highest BCUT2D eigenvalue weighted by Gasteiger charge is 2.41. The summed E-state index contributed by atoms with van der Waals surface area (Å²) in [5.41, 5.74) is 2.14. The van der Waals surface area contributed by atoms with Gasteiger partial charge in [-0.2, -0.15) is 0 Å². The van der Waals surface area contributed by atoms with Crippen LogP contribution in [0.25, 0.3) is 11.3 Å². The summed E-state index contributed by atoms with van der Waals surface area (Å²) in [6, 6.07) is 15.5. The molecule has 0 saturated carbocycles. The largest absolute Gasteiger partial charge is 0.384 e. The average molecular weight is 543 g/mol. The van der Waals surface area contributed by atoms with Gasteiger partial charge in [0.05, 0.1) is 0 Å². The first-order valence-corrected chi connectivity index (χ1v) is 13.7. The maximum Gasteiger partial charge on any atom is 0.255 e. The van der Waals surface area contributed by atoms with Crippen molar-refractivity contribution in [3.05, 3.63) is 88.9 Å². The maximum atomic E-state index is 15.9. The predicted octanol–water partition coefficient (Wildman–Crippen LogP) is 3.52. The van der Waals surface area contributed by atoms with Crippen molar-refractivity contribution in [2.75, 3.05) is 6.54 Å². The Bertz CT molecular complexity index is 1490. The Labute approximate surface area is 231 Å². The molecule has 1 unspecified atom stereocenters. The highest BCUT2D eigenvalue weighted by molar-refractivity contribution is 6.05. The average Bonchev–Trinajstić information content (AvgIpc) is 3.55. The molecule has 3 aromatic rings. The van der Waals surface area contributed by atoms with Crippen molar-refractivity contribution in [1.29, 1.82) is 0 Å². The molecule has 4 heterocycles. The van der Waals surface area contributed by atoms with Crippen molar-refractivity contribution in [2.45, 2.75) is 63.4 Å². The SMILES string of the molecule is C[C@@](O)(c1ccccc1)[C@H]1CCCN1Cc1ccnc(-c2ccc3c(c2)CN(C2CCC(=O)NC2=O)C3=O)c1F. The molecule has 206 valence electrons. The second-order valence-electron chi connectivity index (χ2n) is 11.0. The van der Waals surface area contributed by atoms with Gasteiger partial charge in [-0.1, -0.05) is 36.4 Å². The van der Waals surface area contributed by atoms with E-state index < -0.39 is 23.4 Å². The number of aromatic nitrogens is 1. The van der Waals surface area contributed by atoms with Crippen LogP contribution in [0, 0.1) is 5.82 Å². The third kappa shape index (κ3) is 4.59. The number of hydrogen-bond acceptors (Lipinski definition) is 6. The smallest absolute Gasteiger partial charge is 0.255 e. The zero-order valence-corrected chi connectivity index (χ0v) is 22.3. The number of fused-ring (bicyclic) bond motifs is 1. The van der Waals surface area contributed by atoms with Gasteiger partial charge >= 0.3 is 0 Å². The quantitative estimate of drug-likeness (QED) is 0.462. The highest BCUT2D eigenvalue weighted by atomic mass is 19.1. The lowest BCUT2D eigenvalue weighted by molar-refractivity contribution is -0.136. The molecule has 2 aromatic carbocycles. The van der Waals surface area contributed by atoms with Crippen molar-refractivity contribution in [2.24, 2.45) is 0 Å². The Morgan fingerprint density at radius 3 is 2.67 bits per heavy atom. The molecule has 3 aliphatic rings. The van der Waals surface area contributed by atoms with Crippen LogP contribution >= 0.6 is 0 Å². The number of carbonyl (C=O) groups excluding carboxylic acids is 3. The number of hydrogen-bond donors (Lipinski definition) is 2. The molecule has 8 nitrogen and oxygen atoms in total. The predicted molar refractivity (Wildman–Crippen MR) is 145 cm³/mol. The molecule has 6 rings (SSSR count). The highest BCUT2D eigenvalue weighted by Crippen LogP contribution is 2.37. The van der Waals surface area contributed by atoms with E-state index >= 15 is 4.39 Å². The van der Waals surface area contributed by atoms with Gasteiger partial charge in [-0.05, 0) is 62.1 Å². The fraction of sp³-hybridized carbons (Fsp3) is 0.355. The van der Waals surface area contributed by atoms with Gasteiger partial charge < -0.3 is 10.0 Å². The lowest BCUT2D eigenvalue weighted by Gasteiger charge is -2.37. The van der Waals surface area contributed by atoms with E-state index in [1.807, 2.05) is 37.3 Å². The molecule has 0 spiro atoms. The summed E-state index contributed by atoms with van der Waals surface area (Å²) >= 11 is 0. The number of nitrogens with one attached hydrogen (secondary N) is 1. The van der Waals surface area contributed by atoms with E-state index in [2.05, 4.69) is 15.2 Å². The van der Waals surface area contributed by atoms with Gasteiger partial charge in [0.25, 0.3) is 5.91 Å². The number of amides is 3. The van der Waals surface area contributed by atoms with E-state index in [-0.39, 0.29) is 42.9 Å². The third-order valence-corrected chi connectivity index (χ3v) is 8.51. The van der Waals surface area contributed by atoms with Crippen LogP contribution < -0.4 is 5.32 Å². The van der Waals surface area contributed by atoms with Crippen molar-refractivity contribution in [3.8, 4) is 11.3 Å². The van der Waals surface area contributed by atoms with Crippen LogP contribution in [-0.2, 0) is 28.3 Å². The third-order valence-electron chi connectivity index (χ3n) is 8.51. The van der Waals surface area contributed by atoms with E-state index in [0.29, 0.717) is 28.8 Å². The lowest BCUT2D eigenvalue weighted by Crippen LogP contribution is -2.52. The second kappa shape index (κ2) is 10.2. The summed E-state index contributed by atoms with van der Waals surface area (Å²) in [6.45, 7) is 3.12. The fourth-order valence-electron chi connectivity index (χ4n) is 6.37. The monoisotopic (exact) mass is 542 g/mol. The normalized spacial score (nSPS) is 22.8. The number of carbonyl (C=O) groups is 3. The first kappa shape index (κ1) is 26.3. The molecule has 0 bridgehead atoms. The second-order valence-corrected chi connectivity index (χ2v) is 11.0. The minimum atomic E-state index is -1.08. The van der Waals surface area contributed by atoms with E-state index in [0.717, 1.165) is 24.9 Å².